The SMILES string of the molecule is COC(=O)CC(CC1CC1)c1cccc(O)c1F. The fraction of sp³-hybridized carbons (Fsp3) is 0.500. The Labute approximate surface area is 106 Å². The number of phenolic OH excluding ortho intramolecular Hbond substituents is 1. The first-order valence-electron chi connectivity index (χ1n) is 6.16. The topological polar surface area (TPSA) is 46.5 Å². The van der Waals surface area contributed by atoms with E-state index in [9.17, 15) is 14.3 Å². The van der Waals surface area contributed by atoms with Crippen LogP contribution in [0.5, 0.6) is 5.75 Å². The van der Waals surface area contributed by atoms with Gasteiger partial charge in [0.1, 0.15) is 0 Å². The van der Waals surface area contributed by atoms with Crippen LogP contribution in [0.2, 0.25) is 0 Å². The molecule has 1 aliphatic carbocycles. The second kappa shape index (κ2) is 5.38. The quantitative estimate of drug-likeness (QED) is 0.819. The van der Waals surface area contributed by atoms with Gasteiger partial charge in [-0.1, -0.05) is 25.0 Å². The van der Waals surface area contributed by atoms with Crippen LogP contribution < -0.4 is 0 Å². The average molecular weight is 252 g/mol. The molecule has 0 bridgehead atoms. The molecule has 1 N–H and O–H groups in total. The molecular formula is C14H17FO3. The lowest BCUT2D eigenvalue weighted by molar-refractivity contribution is -0.141. The van der Waals surface area contributed by atoms with Crippen molar-refractivity contribution in [3.8, 4) is 5.75 Å². The van der Waals surface area contributed by atoms with Gasteiger partial charge in [-0.3, -0.25) is 4.79 Å². The summed E-state index contributed by atoms with van der Waals surface area (Å²) in [6.07, 6.45) is 3.21. The average Bonchev–Trinajstić information content (AvgIpc) is 3.15. The van der Waals surface area contributed by atoms with Gasteiger partial charge in [-0.2, -0.15) is 0 Å². The minimum atomic E-state index is -0.618. The lowest BCUT2D eigenvalue weighted by Crippen LogP contribution is -2.11. The van der Waals surface area contributed by atoms with Crippen molar-refractivity contribution in [2.45, 2.75) is 31.6 Å². The Hall–Kier alpha value is -1.58. The van der Waals surface area contributed by atoms with Gasteiger partial charge in [0.15, 0.2) is 11.6 Å². The van der Waals surface area contributed by atoms with Crippen LogP contribution in [0.1, 0.15) is 37.2 Å². The molecule has 1 fully saturated rings. The first kappa shape index (κ1) is 12.9. The summed E-state index contributed by atoms with van der Waals surface area (Å²) in [5, 5.41) is 9.40. The number of phenols is 1. The molecule has 3 nitrogen and oxygen atoms in total. The summed E-state index contributed by atoms with van der Waals surface area (Å²) >= 11 is 0. The molecule has 0 saturated heterocycles. The third-order valence-corrected chi connectivity index (χ3v) is 3.40. The Kier molecular flexibility index (Phi) is 3.84. The van der Waals surface area contributed by atoms with Gasteiger partial charge in [-0.05, 0) is 29.9 Å². The molecule has 0 radical (unpaired) electrons. The summed E-state index contributed by atoms with van der Waals surface area (Å²) < 4.78 is 18.5. The summed E-state index contributed by atoms with van der Waals surface area (Å²) in [5.74, 6) is -0.966. The van der Waals surface area contributed by atoms with Crippen molar-refractivity contribution in [3.63, 3.8) is 0 Å². The van der Waals surface area contributed by atoms with Gasteiger partial charge in [0.2, 0.25) is 0 Å². The van der Waals surface area contributed by atoms with E-state index in [4.69, 9.17) is 0 Å². The van der Waals surface area contributed by atoms with Crippen LogP contribution in [0.3, 0.4) is 0 Å². The normalized spacial score (nSPS) is 16.3. The van der Waals surface area contributed by atoms with E-state index < -0.39 is 5.82 Å². The zero-order chi connectivity index (χ0) is 13.1. The summed E-state index contributed by atoms with van der Waals surface area (Å²) in [6, 6.07) is 4.54. The molecular weight excluding hydrogens is 235 g/mol. The first-order chi connectivity index (χ1) is 8.61. The number of hydrogen-bond donors (Lipinski definition) is 1. The smallest absolute Gasteiger partial charge is 0.306 e. The molecule has 1 aromatic carbocycles. The standard InChI is InChI=1S/C14H17FO3/c1-18-13(17)8-10(7-9-5-6-9)11-3-2-4-12(16)14(11)15/h2-4,9-10,16H,5-8H2,1H3. The molecule has 0 spiro atoms. The van der Waals surface area contributed by atoms with Crippen LogP contribution in [0.25, 0.3) is 0 Å². The van der Waals surface area contributed by atoms with Crippen molar-refractivity contribution in [2.24, 2.45) is 5.92 Å². The molecule has 2 rings (SSSR count). The highest BCUT2D eigenvalue weighted by Gasteiger charge is 2.29. The number of carbonyl (C=O) groups is 1. The highest BCUT2D eigenvalue weighted by atomic mass is 19.1. The largest absolute Gasteiger partial charge is 0.505 e. The zero-order valence-corrected chi connectivity index (χ0v) is 10.4. The van der Waals surface area contributed by atoms with Crippen LogP contribution >= 0.6 is 0 Å². The Balaban J connectivity index is 2.20. The molecule has 0 aromatic heterocycles. The molecule has 4 heteroatoms. The number of methoxy groups -OCH3 is 1. The van der Waals surface area contributed by atoms with E-state index in [1.165, 1.54) is 13.2 Å². The van der Waals surface area contributed by atoms with Gasteiger partial charge in [-0.15, -0.1) is 0 Å². The zero-order valence-electron chi connectivity index (χ0n) is 10.4. The van der Waals surface area contributed by atoms with Crippen LogP contribution in [0, 0.1) is 11.7 Å². The summed E-state index contributed by atoms with van der Waals surface area (Å²) in [5.41, 5.74) is 0.410. The van der Waals surface area contributed by atoms with Gasteiger partial charge in [-0.25, -0.2) is 4.39 Å². The summed E-state index contributed by atoms with van der Waals surface area (Å²) in [7, 11) is 1.33. The maximum atomic E-state index is 13.9. The lowest BCUT2D eigenvalue weighted by atomic mass is 9.90. The monoisotopic (exact) mass is 252 g/mol. The van der Waals surface area contributed by atoms with Gasteiger partial charge in [0.05, 0.1) is 13.5 Å². The van der Waals surface area contributed by atoms with Crippen molar-refractivity contribution in [1.82, 2.24) is 0 Å². The molecule has 0 aliphatic heterocycles. The third kappa shape index (κ3) is 3.00. The molecule has 18 heavy (non-hydrogen) atoms. The summed E-state index contributed by atoms with van der Waals surface area (Å²) in [6.45, 7) is 0. The minimum absolute atomic E-state index is 0.160. The van der Waals surface area contributed by atoms with Crippen LogP contribution in [0.4, 0.5) is 4.39 Å². The predicted octanol–water partition coefficient (Wildman–Crippen LogP) is 2.98. The van der Waals surface area contributed by atoms with Gasteiger partial charge < -0.3 is 9.84 Å². The molecule has 1 aromatic rings. The number of carbonyl (C=O) groups excluding carboxylic acids is 1. The number of ether oxygens (including phenoxy) is 1. The molecule has 1 aliphatic rings. The second-order valence-electron chi connectivity index (χ2n) is 4.84. The Morgan fingerprint density at radius 2 is 2.28 bits per heavy atom. The molecule has 0 heterocycles. The van der Waals surface area contributed by atoms with E-state index in [2.05, 4.69) is 4.74 Å². The molecule has 1 unspecified atom stereocenters. The highest BCUT2D eigenvalue weighted by Crippen LogP contribution is 2.41. The molecule has 98 valence electrons. The van der Waals surface area contributed by atoms with Crippen molar-refractivity contribution in [3.05, 3.63) is 29.6 Å². The second-order valence-corrected chi connectivity index (χ2v) is 4.84. The fourth-order valence-corrected chi connectivity index (χ4v) is 2.21. The molecule has 1 saturated carbocycles. The number of aromatic hydroxyl groups is 1. The Morgan fingerprint density at radius 1 is 1.56 bits per heavy atom. The summed E-state index contributed by atoms with van der Waals surface area (Å²) in [4.78, 5) is 11.4. The maximum absolute atomic E-state index is 13.9. The van der Waals surface area contributed by atoms with E-state index >= 15 is 0 Å². The van der Waals surface area contributed by atoms with E-state index in [1.54, 1.807) is 12.1 Å². The van der Waals surface area contributed by atoms with E-state index in [0.29, 0.717) is 11.5 Å². The van der Waals surface area contributed by atoms with E-state index in [-0.39, 0.29) is 24.1 Å². The van der Waals surface area contributed by atoms with E-state index in [1.807, 2.05) is 0 Å². The van der Waals surface area contributed by atoms with Crippen LogP contribution in [-0.2, 0) is 9.53 Å². The van der Waals surface area contributed by atoms with Crippen molar-refractivity contribution >= 4 is 5.97 Å². The number of halogens is 1. The van der Waals surface area contributed by atoms with Crippen molar-refractivity contribution in [1.29, 1.82) is 0 Å². The predicted molar refractivity (Wildman–Crippen MR) is 64.8 cm³/mol. The van der Waals surface area contributed by atoms with Gasteiger partial charge in [0.25, 0.3) is 0 Å². The van der Waals surface area contributed by atoms with Crippen molar-refractivity contribution < 1.29 is 19.0 Å². The Bertz CT molecular complexity index is 441. The molecule has 0 amide bonds. The van der Waals surface area contributed by atoms with Gasteiger partial charge >= 0.3 is 5.97 Å². The Morgan fingerprint density at radius 3 is 2.89 bits per heavy atom. The lowest BCUT2D eigenvalue weighted by Gasteiger charge is -2.17. The van der Waals surface area contributed by atoms with Crippen LogP contribution in [0.15, 0.2) is 18.2 Å². The number of hydrogen-bond acceptors (Lipinski definition) is 3. The third-order valence-electron chi connectivity index (χ3n) is 3.40. The van der Waals surface area contributed by atoms with E-state index in [0.717, 1.165) is 19.3 Å². The number of benzene rings is 1. The number of esters is 1. The van der Waals surface area contributed by atoms with Crippen molar-refractivity contribution in [2.75, 3.05) is 7.11 Å². The van der Waals surface area contributed by atoms with Crippen LogP contribution in [-0.4, -0.2) is 18.2 Å². The highest BCUT2D eigenvalue weighted by molar-refractivity contribution is 5.70. The minimum Gasteiger partial charge on any atom is -0.505 e. The first-order valence-corrected chi connectivity index (χ1v) is 6.16. The van der Waals surface area contributed by atoms with Gasteiger partial charge in [0, 0.05) is 0 Å². The number of rotatable bonds is 5. The molecule has 1 atom stereocenters. The maximum Gasteiger partial charge on any atom is 0.306 e. The fourth-order valence-electron chi connectivity index (χ4n) is 2.21.